The van der Waals surface area contributed by atoms with Crippen molar-refractivity contribution in [1.29, 1.82) is 0 Å². The number of para-hydroxylation sites is 1. The van der Waals surface area contributed by atoms with Crippen LogP contribution in [0.5, 0.6) is 5.75 Å². The van der Waals surface area contributed by atoms with Gasteiger partial charge < -0.3 is 4.74 Å². The second-order valence-electron chi connectivity index (χ2n) is 7.10. The van der Waals surface area contributed by atoms with E-state index in [0.29, 0.717) is 5.56 Å². The number of aryl methyl sites for hydroxylation is 1. The summed E-state index contributed by atoms with van der Waals surface area (Å²) >= 11 is 0. The Morgan fingerprint density at radius 2 is 1.88 bits per heavy atom. The lowest BCUT2D eigenvalue weighted by Crippen LogP contribution is -2.27. The van der Waals surface area contributed by atoms with Crippen LogP contribution in [-0.2, 0) is 5.41 Å². The molecule has 1 aliphatic heterocycles. The summed E-state index contributed by atoms with van der Waals surface area (Å²) in [5, 5.41) is 0. The van der Waals surface area contributed by atoms with E-state index in [1.807, 2.05) is 50.3 Å². The van der Waals surface area contributed by atoms with Crippen LogP contribution in [0.2, 0.25) is 0 Å². The van der Waals surface area contributed by atoms with Crippen molar-refractivity contribution in [1.82, 2.24) is 0 Å². The van der Waals surface area contributed by atoms with Gasteiger partial charge in [-0.3, -0.25) is 4.79 Å². The SMILES string of the molecule is C=CC1=C(/C=C\C)C(C)(C)c2cccc(-c3ccc(C)cc3C=O)c2O1. The summed E-state index contributed by atoms with van der Waals surface area (Å²) in [7, 11) is 0. The zero-order valence-electron chi connectivity index (χ0n) is 15.8. The van der Waals surface area contributed by atoms with E-state index in [2.05, 4.69) is 32.6 Å². The van der Waals surface area contributed by atoms with E-state index in [9.17, 15) is 4.79 Å². The van der Waals surface area contributed by atoms with Gasteiger partial charge in [-0.15, -0.1) is 0 Å². The van der Waals surface area contributed by atoms with Crippen molar-refractivity contribution in [2.24, 2.45) is 0 Å². The molecule has 0 spiro atoms. The molecule has 0 atom stereocenters. The molecular formula is C24H24O2. The smallest absolute Gasteiger partial charge is 0.150 e. The molecule has 0 bridgehead atoms. The Balaban J connectivity index is 2.29. The normalized spacial score (nSPS) is 15.5. The first-order chi connectivity index (χ1) is 12.4. The summed E-state index contributed by atoms with van der Waals surface area (Å²) in [6, 6.07) is 12.0. The van der Waals surface area contributed by atoms with Gasteiger partial charge in [-0.2, -0.15) is 0 Å². The Morgan fingerprint density at radius 1 is 1.12 bits per heavy atom. The number of carbonyl (C=O) groups is 1. The lowest BCUT2D eigenvalue weighted by Gasteiger charge is -2.36. The third-order valence-electron chi connectivity index (χ3n) is 4.98. The van der Waals surface area contributed by atoms with E-state index in [-0.39, 0.29) is 5.41 Å². The minimum Gasteiger partial charge on any atom is -0.456 e. The van der Waals surface area contributed by atoms with Crippen LogP contribution < -0.4 is 4.74 Å². The van der Waals surface area contributed by atoms with Gasteiger partial charge in [-0.1, -0.05) is 68.5 Å². The first-order valence-corrected chi connectivity index (χ1v) is 8.81. The van der Waals surface area contributed by atoms with Crippen molar-refractivity contribution in [2.45, 2.75) is 33.1 Å². The topological polar surface area (TPSA) is 26.3 Å². The van der Waals surface area contributed by atoms with Crippen LogP contribution in [0.25, 0.3) is 11.1 Å². The lowest BCUT2D eigenvalue weighted by atomic mass is 9.74. The predicted molar refractivity (Wildman–Crippen MR) is 108 cm³/mol. The van der Waals surface area contributed by atoms with Gasteiger partial charge >= 0.3 is 0 Å². The number of fused-ring (bicyclic) bond motifs is 1. The second-order valence-corrected chi connectivity index (χ2v) is 7.10. The molecule has 0 amide bonds. The standard InChI is InChI=1S/C24H24O2/c1-6-9-20-22(7-2)26-23-19(10-8-11-21(23)24(20,4)5)18-13-12-16(3)14-17(18)15-25/h6-15H,2H2,1,3-5H3/b9-6-. The van der Waals surface area contributed by atoms with Crippen molar-refractivity contribution < 1.29 is 9.53 Å². The fraction of sp³-hybridized carbons (Fsp3) is 0.208. The highest BCUT2D eigenvalue weighted by Crippen LogP contribution is 2.48. The summed E-state index contributed by atoms with van der Waals surface area (Å²) < 4.78 is 6.29. The average molecular weight is 344 g/mol. The number of rotatable bonds is 4. The summed E-state index contributed by atoms with van der Waals surface area (Å²) in [6.07, 6.45) is 6.76. The molecule has 2 aromatic rings. The molecule has 1 aliphatic rings. The molecule has 2 nitrogen and oxygen atoms in total. The Bertz CT molecular complexity index is 943. The van der Waals surface area contributed by atoms with E-state index >= 15 is 0 Å². The maximum absolute atomic E-state index is 11.6. The van der Waals surface area contributed by atoms with Crippen LogP contribution >= 0.6 is 0 Å². The minimum atomic E-state index is -0.230. The molecule has 2 aromatic carbocycles. The van der Waals surface area contributed by atoms with E-state index in [1.165, 1.54) is 0 Å². The van der Waals surface area contributed by atoms with Gasteiger partial charge in [0.1, 0.15) is 11.5 Å². The van der Waals surface area contributed by atoms with Crippen LogP contribution in [0.3, 0.4) is 0 Å². The van der Waals surface area contributed by atoms with Gasteiger partial charge in [0.15, 0.2) is 6.29 Å². The monoisotopic (exact) mass is 344 g/mol. The molecule has 26 heavy (non-hydrogen) atoms. The molecule has 0 aromatic heterocycles. The number of aldehydes is 1. The molecule has 0 N–H and O–H groups in total. The van der Waals surface area contributed by atoms with Gasteiger partial charge in [-0.25, -0.2) is 0 Å². The van der Waals surface area contributed by atoms with E-state index < -0.39 is 0 Å². The van der Waals surface area contributed by atoms with Crippen molar-refractivity contribution in [3.8, 4) is 16.9 Å². The van der Waals surface area contributed by atoms with Crippen molar-refractivity contribution in [3.05, 3.63) is 89.2 Å². The lowest BCUT2D eigenvalue weighted by molar-refractivity contribution is 0.112. The van der Waals surface area contributed by atoms with E-state index in [4.69, 9.17) is 4.74 Å². The summed E-state index contributed by atoms with van der Waals surface area (Å²) in [5.41, 5.74) is 5.51. The zero-order chi connectivity index (χ0) is 18.9. The average Bonchev–Trinajstić information content (AvgIpc) is 2.63. The van der Waals surface area contributed by atoms with Gasteiger partial charge in [0.2, 0.25) is 0 Å². The van der Waals surface area contributed by atoms with Gasteiger partial charge in [0, 0.05) is 27.7 Å². The number of hydrogen-bond donors (Lipinski definition) is 0. The fourth-order valence-electron chi connectivity index (χ4n) is 3.60. The third kappa shape index (κ3) is 2.82. The quantitative estimate of drug-likeness (QED) is 0.621. The van der Waals surface area contributed by atoms with Crippen LogP contribution in [0, 0.1) is 6.92 Å². The molecule has 0 saturated heterocycles. The van der Waals surface area contributed by atoms with Crippen molar-refractivity contribution in [2.75, 3.05) is 0 Å². The number of hydrogen-bond acceptors (Lipinski definition) is 2. The first kappa shape index (κ1) is 17.9. The van der Waals surface area contributed by atoms with Crippen LogP contribution in [0.1, 0.15) is 42.3 Å². The van der Waals surface area contributed by atoms with E-state index in [1.54, 1.807) is 6.08 Å². The molecule has 3 rings (SSSR count). The Morgan fingerprint density at radius 3 is 2.54 bits per heavy atom. The largest absolute Gasteiger partial charge is 0.456 e. The maximum atomic E-state index is 11.6. The Kier molecular flexibility index (Phi) is 4.69. The molecule has 0 radical (unpaired) electrons. The number of carbonyl (C=O) groups excluding carboxylic acids is 1. The van der Waals surface area contributed by atoms with Crippen molar-refractivity contribution >= 4 is 6.29 Å². The van der Waals surface area contributed by atoms with Gasteiger partial charge in [0.05, 0.1) is 0 Å². The molecule has 0 saturated carbocycles. The van der Waals surface area contributed by atoms with Crippen LogP contribution in [0.15, 0.2) is 72.5 Å². The highest BCUT2D eigenvalue weighted by molar-refractivity contribution is 5.90. The fourth-order valence-corrected chi connectivity index (χ4v) is 3.60. The summed E-state index contributed by atoms with van der Waals surface area (Å²) in [6.45, 7) is 12.3. The molecule has 2 heteroatoms. The molecule has 0 unspecified atom stereocenters. The second kappa shape index (κ2) is 6.80. The highest BCUT2D eigenvalue weighted by atomic mass is 16.5. The third-order valence-corrected chi connectivity index (χ3v) is 4.98. The molecule has 132 valence electrons. The molecule has 1 heterocycles. The van der Waals surface area contributed by atoms with Crippen molar-refractivity contribution in [3.63, 3.8) is 0 Å². The number of allylic oxidation sites excluding steroid dienone is 4. The van der Waals surface area contributed by atoms with E-state index in [0.717, 1.165) is 45.6 Å². The van der Waals surface area contributed by atoms with Crippen LogP contribution in [0.4, 0.5) is 0 Å². The molecular weight excluding hydrogens is 320 g/mol. The molecule has 0 aliphatic carbocycles. The van der Waals surface area contributed by atoms with Crippen LogP contribution in [-0.4, -0.2) is 6.29 Å². The predicted octanol–water partition coefficient (Wildman–Crippen LogP) is 6.16. The maximum Gasteiger partial charge on any atom is 0.150 e. The Hall–Kier alpha value is -2.87. The Labute approximate surface area is 155 Å². The summed E-state index contributed by atoms with van der Waals surface area (Å²) in [4.78, 5) is 11.6. The number of benzene rings is 2. The molecule has 0 fully saturated rings. The van der Waals surface area contributed by atoms with Gasteiger partial charge in [0.25, 0.3) is 0 Å². The summed E-state index contributed by atoms with van der Waals surface area (Å²) in [5.74, 6) is 1.56. The van der Waals surface area contributed by atoms with Gasteiger partial charge in [-0.05, 0) is 31.6 Å². The number of ether oxygens (including phenoxy) is 1. The first-order valence-electron chi connectivity index (χ1n) is 8.81. The highest BCUT2D eigenvalue weighted by Gasteiger charge is 2.35. The minimum absolute atomic E-state index is 0.230. The zero-order valence-corrected chi connectivity index (χ0v) is 15.8.